The maximum atomic E-state index is 13.6. The van der Waals surface area contributed by atoms with Crippen LogP contribution in [0.1, 0.15) is 64.4 Å². The van der Waals surface area contributed by atoms with Gasteiger partial charge in [-0.1, -0.05) is 55.8 Å². The van der Waals surface area contributed by atoms with Crippen molar-refractivity contribution in [3.8, 4) is 11.5 Å². The highest BCUT2D eigenvalue weighted by Crippen LogP contribution is 2.37. The Balaban J connectivity index is 1.14. The Morgan fingerprint density at radius 3 is 2.46 bits per heavy atom. The maximum Gasteiger partial charge on any atom is 0.263 e. The molecule has 3 aliphatic heterocycles. The quantitative estimate of drug-likeness (QED) is 0.337. The van der Waals surface area contributed by atoms with E-state index in [0.717, 1.165) is 36.2 Å². The van der Waals surface area contributed by atoms with Crippen LogP contribution >= 0.6 is 0 Å². The van der Waals surface area contributed by atoms with Crippen LogP contribution in [0.2, 0.25) is 0 Å². The van der Waals surface area contributed by atoms with E-state index in [2.05, 4.69) is 24.0 Å². The van der Waals surface area contributed by atoms with Crippen LogP contribution in [0.4, 0.5) is 5.69 Å². The SMILES string of the molecule is CCCCN(Cc1ccccc1)C(=O)C1CCN(c2cccc3c2C(=O)N(Cc2ccc4c(c2)OCO4)C3=O)CC1. The third-order valence-electron chi connectivity index (χ3n) is 8.25. The summed E-state index contributed by atoms with van der Waals surface area (Å²) in [4.78, 5) is 46.0. The number of amides is 3. The lowest BCUT2D eigenvalue weighted by molar-refractivity contribution is -0.137. The minimum Gasteiger partial charge on any atom is -0.454 e. The van der Waals surface area contributed by atoms with Crippen LogP contribution < -0.4 is 14.4 Å². The van der Waals surface area contributed by atoms with Gasteiger partial charge >= 0.3 is 0 Å². The van der Waals surface area contributed by atoms with Gasteiger partial charge in [-0.25, -0.2) is 0 Å². The smallest absolute Gasteiger partial charge is 0.263 e. The van der Waals surface area contributed by atoms with E-state index in [1.165, 1.54) is 4.90 Å². The molecule has 212 valence electrons. The van der Waals surface area contributed by atoms with Crippen molar-refractivity contribution < 1.29 is 23.9 Å². The van der Waals surface area contributed by atoms with Crippen molar-refractivity contribution in [2.75, 3.05) is 31.3 Å². The van der Waals surface area contributed by atoms with Crippen LogP contribution in [-0.4, -0.2) is 53.9 Å². The van der Waals surface area contributed by atoms with Crippen molar-refractivity contribution in [3.63, 3.8) is 0 Å². The van der Waals surface area contributed by atoms with Crippen molar-refractivity contribution >= 4 is 23.4 Å². The zero-order valence-corrected chi connectivity index (χ0v) is 23.4. The van der Waals surface area contributed by atoms with E-state index in [4.69, 9.17) is 9.47 Å². The molecule has 6 rings (SSSR count). The van der Waals surface area contributed by atoms with Crippen molar-refractivity contribution in [3.05, 3.63) is 89.0 Å². The molecular formula is C33H35N3O5. The largest absolute Gasteiger partial charge is 0.454 e. The molecule has 0 spiro atoms. The molecule has 3 amide bonds. The third kappa shape index (κ3) is 5.38. The van der Waals surface area contributed by atoms with Gasteiger partial charge in [0.2, 0.25) is 12.7 Å². The summed E-state index contributed by atoms with van der Waals surface area (Å²) in [6.45, 7) is 5.17. The van der Waals surface area contributed by atoms with Crippen molar-refractivity contribution in [2.45, 2.75) is 45.7 Å². The number of carbonyl (C=O) groups excluding carboxylic acids is 3. The van der Waals surface area contributed by atoms with E-state index >= 15 is 0 Å². The van der Waals surface area contributed by atoms with E-state index < -0.39 is 0 Å². The zero-order valence-electron chi connectivity index (χ0n) is 23.4. The molecule has 8 nitrogen and oxygen atoms in total. The van der Waals surface area contributed by atoms with Crippen molar-refractivity contribution in [2.24, 2.45) is 5.92 Å². The molecule has 0 N–H and O–H groups in total. The van der Waals surface area contributed by atoms with Gasteiger partial charge in [0.05, 0.1) is 23.4 Å². The standard InChI is InChI=1S/C33H35N3O5/c1-2-3-16-35(20-23-8-5-4-6-9-23)31(37)25-14-17-34(18-15-25)27-11-7-10-26-30(27)33(39)36(32(26)38)21-24-12-13-28-29(19-24)41-22-40-28/h4-13,19,25H,2-3,14-18,20-22H2,1H3. The number of ether oxygens (including phenoxy) is 2. The second kappa shape index (κ2) is 11.6. The number of fused-ring (bicyclic) bond motifs is 2. The summed E-state index contributed by atoms with van der Waals surface area (Å²) < 4.78 is 10.8. The first-order chi connectivity index (χ1) is 20.0. The second-order valence-corrected chi connectivity index (χ2v) is 10.9. The third-order valence-corrected chi connectivity index (χ3v) is 8.25. The van der Waals surface area contributed by atoms with Gasteiger partial charge in [0.15, 0.2) is 11.5 Å². The first-order valence-electron chi connectivity index (χ1n) is 14.5. The number of benzene rings is 3. The lowest BCUT2D eigenvalue weighted by Crippen LogP contribution is -2.43. The molecular weight excluding hydrogens is 518 g/mol. The molecule has 0 radical (unpaired) electrons. The summed E-state index contributed by atoms with van der Waals surface area (Å²) in [5.41, 5.74) is 3.60. The number of hydrogen-bond acceptors (Lipinski definition) is 6. The van der Waals surface area contributed by atoms with Crippen molar-refractivity contribution in [1.29, 1.82) is 0 Å². The lowest BCUT2D eigenvalue weighted by atomic mass is 9.93. The highest BCUT2D eigenvalue weighted by molar-refractivity contribution is 6.23. The maximum absolute atomic E-state index is 13.6. The first-order valence-corrected chi connectivity index (χ1v) is 14.5. The number of nitrogens with zero attached hydrogens (tertiary/aromatic N) is 3. The minimum atomic E-state index is -0.290. The molecule has 8 heteroatoms. The van der Waals surface area contributed by atoms with Gasteiger partial charge in [0.1, 0.15) is 0 Å². The van der Waals surface area contributed by atoms with E-state index in [1.54, 1.807) is 12.1 Å². The summed E-state index contributed by atoms with van der Waals surface area (Å²) in [6, 6.07) is 21.1. The van der Waals surface area contributed by atoms with Crippen LogP contribution in [0.5, 0.6) is 11.5 Å². The lowest BCUT2D eigenvalue weighted by Gasteiger charge is -2.36. The number of imide groups is 1. The highest BCUT2D eigenvalue weighted by Gasteiger charge is 2.39. The Bertz CT molecular complexity index is 1450. The van der Waals surface area contributed by atoms with Gasteiger partial charge in [0, 0.05) is 32.1 Å². The zero-order chi connectivity index (χ0) is 28.3. The number of piperidine rings is 1. The number of anilines is 1. The predicted molar refractivity (Wildman–Crippen MR) is 155 cm³/mol. The molecule has 1 fully saturated rings. The van der Waals surface area contributed by atoms with Crippen LogP contribution in [-0.2, 0) is 17.9 Å². The minimum absolute atomic E-state index is 0.0524. The Kier molecular flexibility index (Phi) is 7.63. The Morgan fingerprint density at radius 1 is 0.902 bits per heavy atom. The van der Waals surface area contributed by atoms with E-state index in [9.17, 15) is 14.4 Å². The van der Waals surface area contributed by atoms with Gasteiger partial charge in [-0.15, -0.1) is 0 Å². The van der Waals surface area contributed by atoms with Crippen LogP contribution in [0.25, 0.3) is 0 Å². The molecule has 41 heavy (non-hydrogen) atoms. The molecule has 3 aromatic rings. The summed E-state index contributed by atoms with van der Waals surface area (Å²) in [7, 11) is 0. The number of carbonyl (C=O) groups is 3. The first kappa shape index (κ1) is 26.9. The molecule has 0 aliphatic carbocycles. The van der Waals surface area contributed by atoms with E-state index in [0.29, 0.717) is 55.1 Å². The van der Waals surface area contributed by atoms with Gasteiger partial charge < -0.3 is 19.3 Å². The van der Waals surface area contributed by atoms with Crippen molar-refractivity contribution in [1.82, 2.24) is 9.80 Å². The summed E-state index contributed by atoms with van der Waals surface area (Å²) in [6.07, 6.45) is 3.44. The molecule has 0 unspecified atom stereocenters. The fourth-order valence-electron chi connectivity index (χ4n) is 5.99. The molecule has 1 saturated heterocycles. The predicted octanol–water partition coefficient (Wildman–Crippen LogP) is 5.26. The Morgan fingerprint density at radius 2 is 1.68 bits per heavy atom. The fraction of sp³-hybridized carbons (Fsp3) is 0.364. The Labute approximate surface area is 240 Å². The molecule has 3 aliphatic rings. The molecule has 3 aromatic carbocycles. The normalized spacial score (nSPS) is 16.3. The van der Waals surface area contributed by atoms with Crippen LogP contribution in [0, 0.1) is 5.92 Å². The Hall–Kier alpha value is -4.33. The summed E-state index contributed by atoms with van der Waals surface area (Å²) >= 11 is 0. The monoisotopic (exact) mass is 553 g/mol. The molecule has 0 bridgehead atoms. The fourth-order valence-corrected chi connectivity index (χ4v) is 5.99. The second-order valence-electron chi connectivity index (χ2n) is 10.9. The average Bonchev–Trinajstić information content (AvgIpc) is 3.58. The van der Waals surface area contributed by atoms with Crippen LogP contribution in [0.3, 0.4) is 0 Å². The summed E-state index contributed by atoms with van der Waals surface area (Å²) in [5, 5.41) is 0. The van der Waals surface area contributed by atoms with Gasteiger partial charge in [-0.05, 0) is 54.7 Å². The topological polar surface area (TPSA) is 79.4 Å². The van der Waals surface area contributed by atoms with Gasteiger partial charge in [-0.2, -0.15) is 0 Å². The average molecular weight is 554 g/mol. The van der Waals surface area contributed by atoms with Crippen LogP contribution in [0.15, 0.2) is 66.7 Å². The van der Waals surface area contributed by atoms with E-state index in [-0.39, 0.29) is 37.0 Å². The molecule has 3 heterocycles. The molecule has 0 atom stereocenters. The molecule has 0 aromatic heterocycles. The number of unbranched alkanes of at least 4 members (excludes halogenated alkanes) is 1. The number of hydrogen-bond donors (Lipinski definition) is 0. The summed E-state index contributed by atoms with van der Waals surface area (Å²) in [5.74, 6) is 0.861. The van der Waals surface area contributed by atoms with Gasteiger partial charge in [-0.3, -0.25) is 19.3 Å². The molecule has 0 saturated carbocycles. The van der Waals surface area contributed by atoms with E-state index in [1.807, 2.05) is 47.4 Å². The number of rotatable bonds is 9. The highest BCUT2D eigenvalue weighted by atomic mass is 16.7. The van der Waals surface area contributed by atoms with Gasteiger partial charge in [0.25, 0.3) is 11.8 Å².